The Kier molecular flexibility index (Phi) is 6.99. The van der Waals surface area contributed by atoms with Crippen molar-refractivity contribution in [1.29, 1.82) is 0 Å². The molecule has 1 amide bonds. The van der Waals surface area contributed by atoms with E-state index in [0.29, 0.717) is 5.75 Å². The number of hydrogen-bond donors (Lipinski definition) is 1. The average molecular weight is 407 g/mol. The molecule has 1 aliphatic heterocycles. The molecule has 0 spiro atoms. The maximum atomic E-state index is 12.1. The van der Waals surface area contributed by atoms with Gasteiger partial charge in [0.15, 0.2) is 8.68 Å². The third kappa shape index (κ3) is 5.75. The van der Waals surface area contributed by atoms with Crippen molar-refractivity contribution in [1.82, 2.24) is 10.2 Å². The maximum Gasteiger partial charge on any atom is 0.234 e. The van der Waals surface area contributed by atoms with Crippen LogP contribution in [-0.4, -0.2) is 40.7 Å². The van der Waals surface area contributed by atoms with E-state index in [4.69, 9.17) is 0 Å². The zero-order chi connectivity index (χ0) is 18.4. The number of nitrogens with zero attached hydrogens (tertiary/aromatic N) is 3. The van der Waals surface area contributed by atoms with Crippen LogP contribution in [0.4, 0.5) is 11.4 Å². The lowest BCUT2D eigenvalue weighted by atomic mass is 10.2. The average Bonchev–Trinajstić information content (AvgIpc) is 3.31. The van der Waals surface area contributed by atoms with E-state index in [1.54, 1.807) is 11.8 Å². The number of carbonyl (C=O) groups is 1. The lowest BCUT2D eigenvalue weighted by Crippen LogP contribution is -2.18. The largest absolute Gasteiger partial charge is 0.372 e. The standard InChI is InChI=1S/C18H22N4OS3/c1-13(2)11-24-17-20-21-18(26-17)25-12-16(23)19-14-5-7-15(8-6-14)22-9-3-4-10-22/h5-8H,1,3-4,9-12H2,2H3,(H,19,23). The van der Waals surface area contributed by atoms with Gasteiger partial charge in [-0.3, -0.25) is 4.79 Å². The molecule has 1 aromatic carbocycles. The van der Waals surface area contributed by atoms with Gasteiger partial charge in [-0.25, -0.2) is 0 Å². The maximum absolute atomic E-state index is 12.1. The van der Waals surface area contributed by atoms with Gasteiger partial charge in [0.25, 0.3) is 0 Å². The number of anilines is 2. The second kappa shape index (κ2) is 9.43. The second-order valence-electron chi connectivity index (χ2n) is 6.16. The van der Waals surface area contributed by atoms with Gasteiger partial charge in [-0.05, 0) is 44.0 Å². The Morgan fingerprint density at radius 1 is 1.15 bits per heavy atom. The van der Waals surface area contributed by atoms with Crippen molar-refractivity contribution in [2.45, 2.75) is 28.4 Å². The fraction of sp³-hybridized carbons (Fsp3) is 0.389. The first kappa shape index (κ1) is 19.3. The molecule has 5 nitrogen and oxygen atoms in total. The quantitative estimate of drug-likeness (QED) is 0.513. The summed E-state index contributed by atoms with van der Waals surface area (Å²) >= 11 is 4.56. The predicted molar refractivity (Wildman–Crippen MR) is 113 cm³/mol. The Morgan fingerprint density at radius 3 is 2.38 bits per heavy atom. The highest BCUT2D eigenvalue weighted by Crippen LogP contribution is 2.29. The summed E-state index contributed by atoms with van der Waals surface area (Å²) < 4.78 is 1.72. The molecular weight excluding hydrogens is 384 g/mol. The van der Waals surface area contributed by atoms with E-state index in [0.717, 1.165) is 38.8 Å². The minimum atomic E-state index is -0.0322. The molecule has 138 valence electrons. The number of amides is 1. The highest BCUT2D eigenvalue weighted by atomic mass is 32.2. The Bertz CT molecular complexity index is 754. The van der Waals surface area contributed by atoms with Gasteiger partial charge < -0.3 is 10.2 Å². The number of hydrogen-bond acceptors (Lipinski definition) is 7. The normalized spacial score (nSPS) is 13.8. The molecule has 0 unspecified atom stereocenters. The number of rotatable bonds is 8. The third-order valence-electron chi connectivity index (χ3n) is 3.78. The van der Waals surface area contributed by atoms with Crippen molar-refractivity contribution in [3.05, 3.63) is 36.4 Å². The van der Waals surface area contributed by atoms with Crippen molar-refractivity contribution in [2.75, 3.05) is 34.8 Å². The smallest absolute Gasteiger partial charge is 0.234 e. The Labute approximate surface area is 166 Å². The minimum Gasteiger partial charge on any atom is -0.372 e. The van der Waals surface area contributed by atoms with Crippen LogP contribution < -0.4 is 10.2 Å². The molecule has 26 heavy (non-hydrogen) atoms. The van der Waals surface area contributed by atoms with Crippen molar-refractivity contribution < 1.29 is 4.79 Å². The van der Waals surface area contributed by atoms with Gasteiger partial charge >= 0.3 is 0 Å². The number of aromatic nitrogens is 2. The molecule has 3 rings (SSSR count). The summed E-state index contributed by atoms with van der Waals surface area (Å²) in [5, 5.41) is 11.2. The summed E-state index contributed by atoms with van der Waals surface area (Å²) in [4.78, 5) is 14.5. The molecule has 2 aromatic rings. The Morgan fingerprint density at radius 2 is 1.77 bits per heavy atom. The lowest BCUT2D eigenvalue weighted by Gasteiger charge is -2.17. The van der Waals surface area contributed by atoms with Gasteiger partial charge in [0.2, 0.25) is 5.91 Å². The van der Waals surface area contributed by atoms with Gasteiger partial charge in [-0.1, -0.05) is 47.0 Å². The first-order valence-electron chi connectivity index (χ1n) is 8.48. The summed E-state index contributed by atoms with van der Waals surface area (Å²) in [6, 6.07) is 8.08. The molecule has 0 radical (unpaired) electrons. The molecule has 1 aliphatic rings. The number of nitrogens with one attached hydrogen (secondary N) is 1. The molecule has 1 saturated heterocycles. The molecule has 0 aliphatic carbocycles. The third-order valence-corrected chi connectivity index (χ3v) is 7.20. The monoisotopic (exact) mass is 406 g/mol. The highest BCUT2D eigenvalue weighted by Gasteiger charge is 2.12. The molecule has 1 aromatic heterocycles. The van der Waals surface area contributed by atoms with E-state index >= 15 is 0 Å². The van der Waals surface area contributed by atoms with E-state index in [1.807, 2.05) is 19.1 Å². The van der Waals surface area contributed by atoms with E-state index in [-0.39, 0.29) is 5.91 Å². The van der Waals surface area contributed by atoms with Crippen LogP contribution >= 0.6 is 34.9 Å². The molecular formula is C18H22N4OS3. The SMILES string of the molecule is C=C(C)CSc1nnc(SCC(=O)Nc2ccc(N3CCCC3)cc2)s1. The van der Waals surface area contributed by atoms with Crippen LogP contribution in [0.25, 0.3) is 0 Å². The van der Waals surface area contributed by atoms with E-state index in [1.165, 1.54) is 41.6 Å². The molecule has 8 heteroatoms. The fourth-order valence-corrected chi connectivity index (χ4v) is 5.22. The van der Waals surface area contributed by atoms with Crippen LogP contribution in [0.2, 0.25) is 0 Å². The zero-order valence-electron chi connectivity index (χ0n) is 14.7. The second-order valence-corrected chi connectivity index (χ2v) is 9.58. The van der Waals surface area contributed by atoms with Crippen LogP contribution in [0.1, 0.15) is 19.8 Å². The number of thioether (sulfide) groups is 2. The summed E-state index contributed by atoms with van der Waals surface area (Å²) in [6.07, 6.45) is 2.52. The summed E-state index contributed by atoms with van der Waals surface area (Å²) in [6.45, 7) is 8.11. The van der Waals surface area contributed by atoms with Crippen LogP contribution in [0.3, 0.4) is 0 Å². The van der Waals surface area contributed by atoms with Crippen LogP contribution in [0.15, 0.2) is 45.1 Å². The molecule has 0 saturated carbocycles. The molecule has 0 atom stereocenters. The van der Waals surface area contributed by atoms with E-state index in [9.17, 15) is 4.79 Å². The van der Waals surface area contributed by atoms with E-state index < -0.39 is 0 Å². The van der Waals surface area contributed by atoms with Crippen LogP contribution in [0.5, 0.6) is 0 Å². The molecule has 1 fully saturated rings. The van der Waals surface area contributed by atoms with Crippen molar-refractivity contribution >= 4 is 52.1 Å². The van der Waals surface area contributed by atoms with Gasteiger partial charge in [-0.2, -0.15) is 0 Å². The number of carbonyl (C=O) groups excluding carboxylic acids is 1. The Hall–Kier alpha value is -1.51. The Balaban J connectivity index is 1.44. The zero-order valence-corrected chi connectivity index (χ0v) is 17.2. The topological polar surface area (TPSA) is 58.1 Å². The van der Waals surface area contributed by atoms with Gasteiger partial charge in [0, 0.05) is 30.2 Å². The van der Waals surface area contributed by atoms with E-state index in [2.05, 4.69) is 39.1 Å². The predicted octanol–water partition coefficient (Wildman–Crippen LogP) is 4.54. The minimum absolute atomic E-state index is 0.0322. The molecule has 2 heterocycles. The van der Waals surface area contributed by atoms with Gasteiger partial charge in [-0.15, -0.1) is 10.2 Å². The summed E-state index contributed by atoms with van der Waals surface area (Å²) in [7, 11) is 0. The molecule has 0 bridgehead atoms. The highest BCUT2D eigenvalue weighted by molar-refractivity contribution is 8.03. The first-order chi connectivity index (χ1) is 12.6. The molecule has 1 N–H and O–H groups in total. The van der Waals surface area contributed by atoms with Crippen molar-refractivity contribution in [3.8, 4) is 0 Å². The number of benzene rings is 1. The summed E-state index contributed by atoms with van der Waals surface area (Å²) in [5.74, 6) is 1.14. The first-order valence-corrected chi connectivity index (χ1v) is 11.3. The van der Waals surface area contributed by atoms with Crippen LogP contribution in [0, 0.1) is 0 Å². The van der Waals surface area contributed by atoms with Gasteiger partial charge in [0.1, 0.15) is 0 Å². The summed E-state index contributed by atoms with van der Waals surface area (Å²) in [5.41, 5.74) is 3.16. The van der Waals surface area contributed by atoms with Gasteiger partial charge in [0.05, 0.1) is 5.75 Å². The fourth-order valence-electron chi connectivity index (χ4n) is 2.55. The lowest BCUT2D eigenvalue weighted by molar-refractivity contribution is -0.113. The van der Waals surface area contributed by atoms with Crippen molar-refractivity contribution in [2.24, 2.45) is 0 Å². The van der Waals surface area contributed by atoms with Crippen LogP contribution in [-0.2, 0) is 4.79 Å². The van der Waals surface area contributed by atoms with Crippen molar-refractivity contribution in [3.63, 3.8) is 0 Å².